The van der Waals surface area contributed by atoms with Crippen LogP contribution in [0.5, 0.6) is 0 Å². The highest BCUT2D eigenvalue weighted by Gasteiger charge is 2.27. The molecule has 1 aromatic rings. The van der Waals surface area contributed by atoms with Crippen molar-refractivity contribution in [1.82, 2.24) is 0 Å². The molecule has 1 aliphatic rings. The Kier molecular flexibility index (Phi) is 4.97. The monoisotopic (exact) mass is 309 g/mol. The second kappa shape index (κ2) is 6.39. The number of nitrogens with one attached hydrogen (secondary N) is 1. The lowest BCUT2D eigenvalue weighted by atomic mass is 9.75. The standard InChI is InChI=1S/C17H27NO2S/c1-4-12-21(19,20)16-9-7-14(8-10-16)18-15-6-5-11-17(2,3)13-15/h7-10,15,18H,4-6,11-13H2,1-3H3. The highest BCUT2D eigenvalue weighted by atomic mass is 32.2. The molecule has 1 fully saturated rings. The molecule has 3 nitrogen and oxygen atoms in total. The molecule has 1 unspecified atom stereocenters. The molecule has 0 amide bonds. The van der Waals surface area contributed by atoms with Crippen LogP contribution >= 0.6 is 0 Å². The van der Waals surface area contributed by atoms with Gasteiger partial charge in [0.05, 0.1) is 10.6 Å². The first-order valence-electron chi connectivity index (χ1n) is 7.92. The van der Waals surface area contributed by atoms with Crippen LogP contribution in [0.15, 0.2) is 29.2 Å². The highest BCUT2D eigenvalue weighted by Crippen LogP contribution is 2.36. The van der Waals surface area contributed by atoms with Gasteiger partial charge in [0, 0.05) is 11.7 Å². The number of hydrogen-bond donors (Lipinski definition) is 1. The molecular weight excluding hydrogens is 282 g/mol. The molecule has 4 heteroatoms. The van der Waals surface area contributed by atoms with E-state index in [9.17, 15) is 8.42 Å². The van der Waals surface area contributed by atoms with Gasteiger partial charge >= 0.3 is 0 Å². The van der Waals surface area contributed by atoms with Crippen LogP contribution in [0.2, 0.25) is 0 Å². The van der Waals surface area contributed by atoms with E-state index in [0.717, 1.165) is 5.69 Å². The summed E-state index contributed by atoms with van der Waals surface area (Å²) in [7, 11) is -3.11. The van der Waals surface area contributed by atoms with Crippen molar-refractivity contribution in [3.8, 4) is 0 Å². The van der Waals surface area contributed by atoms with Crippen molar-refractivity contribution in [3.63, 3.8) is 0 Å². The van der Waals surface area contributed by atoms with Gasteiger partial charge in [-0.3, -0.25) is 0 Å². The lowest BCUT2D eigenvalue weighted by Crippen LogP contribution is -2.31. The van der Waals surface area contributed by atoms with E-state index >= 15 is 0 Å². The fraction of sp³-hybridized carbons (Fsp3) is 0.647. The lowest BCUT2D eigenvalue weighted by molar-refractivity contribution is 0.229. The van der Waals surface area contributed by atoms with Crippen LogP contribution < -0.4 is 5.32 Å². The number of anilines is 1. The number of sulfone groups is 1. The normalized spacial score (nSPS) is 22.0. The molecule has 0 heterocycles. The Morgan fingerprint density at radius 2 is 1.90 bits per heavy atom. The van der Waals surface area contributed by atoms with E-state index in [0.29, 0.717) is 22.8 Å². The van der Waals surface area contributed by atoms with Crippen LogP contribution in [0, 0.1) is 5.41 Å². The van der Waals surface area contributed by atoms with Crippen molar-refractivity contribution in [1.29, 1.82) is 0 Å². The molecule has 0 bridgehead atoms. The zero-order valence-electron chi connectivity index (χ0n) is 13.4. The second-order valence-corrected chi connectivity index (χ2v) is 9.05. The van der Waals surface area contributed by atoms with E-state index in [4.69, 9.17) is 0 Å². The van der Waals surface area contributed by atoms with Gasteiger partial charge in [0.1, 0.15) is 0 Å². The summed E-state index contributed by atoms with van der Waals surface area (Å²) in [6.45, 7) is 6.53. The van der Waals surface area contributed by atoms with Gasteiger partial charge in [-0.2, -0.15) is 0 Å². The Morgan fingerprint density at radius 3 is 2.48 bits per heavy atom. The van der Waals surface area contributed by atoms with Crippen LogP contribution in [0.1, 0.15) is 52.9 Å². The topological polar surface area (TPSA) is 46.2 Å². The molecule has 118 valence electrons. The summed E-state index contributed by atoms with van der Waals surface area (Å²) in [6, 6.07) is 7.73. The van der Waals surface area contributed by atoms with Gasteiger partial charge < -0.3 is 5.32 Å². The van der Waals surface area contributed by atoms with Gasteiger partial charge in [-0.1, -0.05) is 27.2 Å². The summed E-state index contributed by atoms with van der Waals surface area (Å²) < 4.78 is 24.0. The Morgan fingerprint density at radius 1 is 1.24 bits per heavy atom. The van der Waals surface area contributed by atoms with E-state index < -0.39 is 9.84 Å². The lowest BCUT2D eigenvalue weighted by Gasteiger charge is -2.36. The Bertz CT molecular complexity index is 561. The Labute approximate surface area is 129 Å². The third kappa shape index (κ3) is 4.47. The van der Waals surface area contributed by atoms with E-state index in [1.165, 1.54) is 25.7 Å². The highest BCUT2D eigenvalue weighted by molar-refractivity contribution is 7.91. The molecule has 0 radical (unpaired) electrons. The molecule has 0 aromatic heterocycles. The molecule has 0 spiro atoms. The fourth-order valence-corrected chi connectivity index (χ4v) is 4.53. The summed E-state index contributed by atoms with van der Waals surface area (Å²) in [5.41, 5.74) is 1.42. The van der Waals surface area contributed by atoms with Crippen molar-refractivity contribution in [2.45, 2.75) is 63.8 Å². The van der Waals surface area contributed by atoms with Gasteiger partial charge in [-0.05, 0) is 55.4 Å². The molecule has 0 aliphatic heterocycles. The maximum Gasteiger partial charge on any atom is 0.178 e. The van der Waals surface area contributed by atoms with Crippen molar-refractivity contribution >= 4 is 15.5 Å². The minimum atomic E-state index is -3.11. The van der Waals surface area contributed by atoms with E-state index in [-0.39, 0.29) is 5.75 Å². The minimum Gasteiger partial charge on any atom is -0.382 e. The molecule has 1 aliphatic carbocycles. The molecule has 2 rings (SSSR count). The van der Waals surface area contributed by atoms with Crippen molar-refractivity contribution < 1.29 is 8.42 Å². The van der Waals surface area contributed by atoms with Gasteiger partial charge in [-0.25, -0.2) is 8.42 Å². The van der Waals surface area contributed by atoms with Crippen molar-refractivity contribution in [2.24, 2.45) is 5.41 Å². The summed E-state index contributed by atoms with van der Waals surface area (Å²) in [6.07, 6.45) is 5.56. The molecule has 1 atom stereocenters. The molecule has 1 aromatic carbocycles. The van der Waals surface area contributed by atoms with Crippen LogP contribution in [0.25, 0.3) is 0 Å². The number of hydrogen-bond acceptors (Lipinski definition) is 3. The van der Waals surface area contributed by atoms with Gasteiger partial charge in [-0.15, -0.1) is 0 Å². The Balaban J connectivity index is 2.03. The number of benzene rings is 1. The smallest absolute Gasteiger partial charge is 0.178 e. The van der Waals surface area contributed by atoms with Crippen molar-refractivity contribution in [3.05, 3.63) is 24.3 Å². The van der Waals surface area contributed by atoms with E-state index in [1.54, 1.807) is 12.1 Å². The van der Waals surface area contributed by atoms with Gasteiger partial charge in [0.2, 0.25) is 0 Å². The molecular formula is C17H27NO2S. The van der Waals surface area contributed by atoms with Gasteiger partial charge in [0.15, 0.2) is 9.84 Å². The largest absolute Gasteiger partial charge is 0.382 e. The predicted octanol–water partition coefficient (Wildman–Crippen LogP) is 4.25. The zero-order chi connectivity index (χ0) is 15.5. The van der Waals surface area contributed by atoms with Crippen LogP contribution in [-0.4, -0.2) is 20.2 Å². The fourth-order valence-electron chi connectivity index (χ4n) is 3.20. The summed E-state index contributed by atoms with van der Waals surface area (Å²) in [5.74, 6) is 0.219. The van der Waals surface area contributed by atoms with Crippen LogP contribution in [0.4, 0.5) is 5.69 Å². The second-order valence-electron chi connectivity index (χ2n) is 6.95. The third-order valence-corrected chi connectivity index (χ3v) is 6.20. The van der Waals surface area contributed by atoms with E-state index in [2.05, 4.69) is 19.2 Å². The molecule has 1 saturated carbocycles. The first-order valence-corrected chi connectivity index (χ1v) is 9.57. The van der Waals surface area contributed by atoms with Gasteiger partial charge in [0.25, 0.3) is 0 Å². The Hall–Kier alpha value is -1.03. The maximum atomic E-state index is 12.0. The summed E-state index contributed by atoms with van der Waals surface area (Å²) in [4.78, 5) is 0.430. The first kappa shape index (κ1) is 16.3. The molecule has 0 saturated heterocycles. The number of rotatable bonds is 5. The summed E-state index contributed by atoms with van der Waals surface area (Å²) in [5, 5.41) is 3.55. The average Bonchev–Trinajstić information content (AvgIpc) is 2.38. The average molecular weight is 309 g/mol. The summed E-state index contributed by atoms with van der Waals surface area (Å²) >= 11 is 0. The van der Waals surface area contributed by atoms with Crippen molar-refractivity contribution in [2.75, 3.05) is 11.1 Å². The quantitative estimate of drug-likeness (QED) is 0.884. The third-order valence-electron chi connectivity index (χ3n) is 4.26. The zero-order valence-corrected chi connectivity index (χ0v) is 14.2. The first-order chi connectivity index (χ1) is 9.82. The molecule has 21 heavy (non-hydrogen) atoms. The van der Waals surface area contributed by atoms with Crippen LogP contribution in [-0.2, 0) is 9.84 Å². The minimum absolute atomic E-state index is 0.219. The maximum absolute atomic E-state index is 12.0. The molecule has 1 N–H and O–H groups in total. The predicted molar refractivity (Wildman–Crippen MR) is 88.4 cm³/mol. The van der Waals surface area contributed by atoms with E-state index in [1.807, 2.05) is 19.1 Å². The van der Waals surface area contributed by atoms with Crippen LogP contribution in [0.3, 0.4) is 0 Å². The SMILES string of the molecule is CCCS(=O)(=O)c1ccc(NC2CCCC(C)(C)C2)cc1.